The largest absolute Gasteiger partial charge is 0.480 e. The molecule has 2 aromatic carbocycles. The summed E-state index contributed by atoms with van der Waals surface area (Å²) < 4.78 is 10.2. The number of benzene rings is 2. The van der Waals surface area contributed by atoms with Gasteiger partial charge < -0.3 is 19.9 Å². The second-order valence-corrected chi connectivity index (χ2v) is 9.28. The molecule has 0 radical (unpaired) electrons. The van der Waals surface area contributed by atoms with Gasteiger partial charge in [0.1, 0.15) is 12.6 Å². The number of amides is 1. The summed E-state index contributed by atoms with van der Waals surface area (Å²) >= 11 is 1.26. The van der Waals surface area contributed by atoms with Gasteiger partial charge in [-0.25, -0.2) is 9.59 Å². The van der Waals surface area contributed by atoms with Gasteiger partial charge in [-0.2, -0.15) is 11.8 Å². The predicted octanol–water partition coefficient (Wildman–Crippen LogP) is 3.91. The number of carboxylic acids is 1. The maximum atomic E-state index is 12.4. The molecule has 1 atom stereocenters. The van der Waals surface area contributed by atoms with Gasteiger partial charge in [-0.1, -0.05) is 48.5 Å². The molecule has 0 aliphatic heterocycles. The van der Waals surface area contributed by atoms with E-state index in [1.165, 1.54) is 18.9 Å². The molecule has 0 aromatic heterocycles. The van der Waals surface area contributed by atoms with Crippen LogP contribution in [0.2, 0.25) is 0 Å². The van der Waals surface area contributed by atoms with Crippen LogP contribution in [0.4, 0.5) is 4.79 Å². The Balaban J connectivity index is 1.57. The minimum Gasteiger partial charge on any atom is -0.480 e. The number of methoxy groups -OCH3 is 1. The number of esters is 1. The minimum atomic E-state index is -1.16. The zero-order chi connectivity index (χ0) is 23.3. The van der Waals surface area contributed by atoms with E-state index in [4.69, 9.17) is 9.47 Å². The normalized spacial score (nSPS) is 13.6. The molecule has 0 saturated heterocycles. The van der Waals surface area contributed by atoms with Crippen molar-refractivity contribution in [2.75, 3.05) is 25.2 Å². The Hall–Kier alpha value is -3.00. The molecular formula is C24H27NO6S. The maximum Gasteiger partial charge on any atom is 0.407 e. The average Bonchev–Trinajstić information content (AvgIpc) is 3.10. The summed E-state index contributed by atoms with van der Waals surface area (Å²) in [6, 6.07) is 14.8. The lowest BCUT2D eigenvalue weighted by atomic mass is 9.97. The molecule has 0 saturated carbocycles. The third-order valence-electron chi connectivity index (χ3n) is 5.42. The average molecular weight is 458 g/mol. The van der Waals surface area contributed by atoms with Crippen molar-refractivity contribution in [3.8, 4) is 11.1 Å². The van der Waals surface area contributed by atoms with Crippen molar-refractivity contribution in [3.05, 3.63) is 59.7 Å². The molecule has 0 bridgehead atoms. The second kappa shape index (κ2) is 10.1. The highest BCUT2D eigenvalue weighted by molar-refractivity contribution is 7.99. The SMILES string of the molecule is COC(=O)C(C)(C)CSCC(NC(=O)OCC1c2ccccc2-c2ccccc21)C(=O)O. The number of carboxylic acid groups (broad SMARTS) is 1. The smallest absolute Gasteiger partial charge is 0.407 e. The Morgan fingerprint density at radius 2 is 1.62 bits per heavy atom. The predicted molar refractivity (Wildman–Crippen MR) is 123 cm³/mol. The van der Waals surface area contributed by atoms with Gasteiger partial charge in [0.2, 0.25) is 0 Å². The molecule has 0 spiro atoms. The van der Waals surface area contributed by atoms with E-state index in [-0.39, 0.29) is 24.2 Å². The lowest BCUT2D eigenvalue weighted by molar-refractivity contribution is -0.149. The fourth-order valence-corrected chi connectivity index (χ4v) is 4.93. The highest BCUT2D eigenvalue weighted by Gasteiger charge is 2.31. The van der Waals surface area contributed by atoms with Gasteiger partial charge in [0.05, 0.1) is 12.5 Å². The van der Waals surface area contributed by atoms with Crippen molar-refractivity contribution in [1.29, 1.82) is 0 Å². The van der Waals surface area contributed by atoms with Crippen molar-refractivity contribution in [2.24, 2.45) is 5.41 Å². The van der Waals surface area contributed by atoms with E-state index < -0.39 is 23.5 Å². The summed E-state index contributed by atoms with van der Waals surface area (Å²) in [6.45, 7) is 3.55. The molecule has 2 N–H and O–H groups in total. The van der Waals surface area contributed by atoms with E-state index in [1.807, 2.05) is 48.5 Å². The number of ether oxygens (including phenoxy) is 2. The van der Waals surface area contributed by atoms with Gasteiger partial charge in [-0.15, -0.1) is 0 Å². The molecule has 32 heavy (non-hydrogen) atoms. The van der Waals surface area contributed by atoms with Crippen LogP contribution >= 0.6 is 11.8 Å². The number of aliphatic carboxylic acids is 1. The Kier molecular flexibility index (Phi) is 7.45. The lowest BCUT2D eigenvalue weighted by Crippen LogP contribution is -2.43. The van der Waals surface area contributed by atoms with Crippen molar-refractivity contribution < 1.29 is 29.0 Å². The molecule has 2 aromatic rings. The zero-order valence-corrected chi connectivity index (χ0v) is 19.1. The fourth-order valence-electron chi connectivity index (χ4n) is 3.72. The summed E-state index contributed by atoms with van der Waals surface area (Å²) in [5, 5.41) is 11.9. The molecule has 1 aliphatic rings. The molecule has 7 nitrogen and oxygen atoms in total. The van der Waals surface area contributed by atoms with Gasteiger partial charge in [-0.3, -0.25) is 4.79 Å². The van der Waals surface area contributed by atoms with Crippen LogP contribution in [-0.2, 0) is 19.1 Å². The number of hydrogen-bond acceptors (Lipinski definition) is 6. The molecule has 1 unspecified atom stereocenters. The van der Waals surface area contributed by atoms with Crippen LogP contribution in [0.5, 0.6) is 0 Å². The van der Waals surface area contributed by atoms with Gasteiger partial charge in [0.15, 0.2) is 0 Å². The van der Waals surface area contributed by atoms with Gasteiger partial charge in [0, 0.05) is 17.4 Å². The van der Waals surface area contributed by atoms with Crippen molar-refractivity contribution >= 4 is 29.8 Å². The number of thioether (sulfide) groups is 1. The molecule has 1 amide bonds. The van der Waals surface area contributed by atoms with Crippen LogP contribution in [0.15, 0.2) is 48.5 Å². The molecule has 3 rings (SSSR count). The van der Waals surface area contributed by atoms with Crippen LogP contribution in [0.3, 0.4) is 0 Å². The van der Waals surface area contributed by atoms with Gasteiger partial charge in [0.25, 0.3) is 0 Å². The third kappa shape index (κ3) is 5.24. The quantitative estimate of drug-likeness (QED) is 0.551. The number of carbonyl (C=O) groups excluding carboxylic acids is 2. The van der Waals surface area contributed by atoms with Crippen molar-refractivity contribution in [1.82, 2.24) is 5.32 Å². The van der Waals surface area contributed by atoms with E-state index in [0.717, 1.165) is 22.3 Å². The highest BCUT2D eigenvalue weighted by atomic mass is 32.2. The number of fused-ring (bicyclic) bond motifs is 3. The Labute approximate surface area is 191 Å². The topological polar surface area (TPSA) is 102 Å². The maximum absolute atomic E-state index is 12.4. The minimum absolute atomic E-state index is 0.0972. The summed E-state index contributed by atoms with van der Waals surface area (Å²) in [5.74, 6) is -1.19. The molecule has 8 heteroatoms. The number of nitrogens with one attached hydrogen (secondary N) is 1. The second-order valence-electron chi connectivity index (χ2n) is 8.25. The summed E-state index contributed by atoms with van der Waals surface area (Å²) in [6.07, 6.45) is -0.785. The number of carbonyl (C=O) groups is 3. The zero-order valence-electron chi connectivity index (χ0n) is 18.3. The summed E-state index contributed by atoms with van der Waals surface area (Å²) in [7, 11) is 1.31. The number of hydrogen-bond donors (Lipinski definition) is 2. The Bertz CT molecular complexity index is 960. The third-order valence-corrected chi connectivity index (χ3v) is 6.91. The molecular weight excluding hydrogens is 430 g/mol. The monoisotopic (exact) mass is 457 g/mol. The van der Waals surface area contributed by atoms with E-state index >= 15 is 0 Å². The number of alkyl carbamates (subject to hydrolysis) is 1. The van der Waals surface area contributed by atoms with Crippen molar-refractivity contribution in [2.45, 2.75) is 25.8 Å². The lowest BCUT2D eigenvalue weighted by Gasteiger charge is -2.22. The first-order valence-corrected chi connectivity index (χ1v) is 11.4. The Morgan fingerprint density at radius 3 is 2.16 bits per heavy atom. The fraction of sp³-hybridized carbons (Fsp3) is 0.375. The van der Waals surface area contributed by atoms with Crippen LogP contribution in [0.1, 0.15) is 30.9 Å². The van der Waals surface area contributed by atoms with E-state index in [1.54, 1.807) is 13.8 Å². The Morgan fingerprint density at radius 1 is 1.06 bits per heavy atom. The molecule has 0 heterocycles. The van der Waals surface area contributed by atoms with Gasteiger partial charge >= 0.3 is 18.0 Å². The first-order valence-electron chi connectivity index (χ1n) is 10.2. The number of rotatable bonds is 9. The van der Waals surface area contributed by atoms with Crippen LogP contribution < -0.4 is 5.32 Å². The summed E-state index contributed by atoms with van der Waals surface area (Å²) in [4.78, 5) is 35.7. The highest BCUT2D eigenvalue weighted by Crippen LogP contribution is 2.44. The van der Waals surface area contributed by atoms with E-state index in [0.29, 0.717) is 5.75 Å². The van der Waals surface area contributed by atoms with E-state index in [2.05, 4.69) is 5.32 Å². The standard InChI is InChI=1S/C24H27NO6S/c1-24(2,22(28)30-3)14-32-13-20(21(26)27)25-23(29)31-12-19-17-10-6-4-8-15(17)16-9-5-7-11-18(16)19/h4-11,19-20H,12-14H2,1-3H3,(H,25,29)(H,26,27). The van der Waals surface area contributed by atoms with Gasteiger partial charge in [-0.05, 0) is 36.1 Å². The van der Waals surface area contributed by atoms with Crippen LogP contribution in [0.25, 0.3) is 11.1 Å². The van der Waals surface area contributed by atoms with Crippen LogP contribution in [0, 0.1) is 5.41 Å². The summed E-state index contributed by atoms with van der Waals surface area (Å²) in [5.41, 5.74) is 3.63. The first-order chi connectivity index (χ1) is 15.2. The first kappa shape index (κ1) is 23.7. The van der Waals surface area contributed by atoms with E-state index in [9.17, 15) is 19.5 Å². The molecule has 170 valence electrons. The van der Waals surface area contributed by atoms with Crippen molar-refractivity contribution in [3.63, 3.8) is 0 Å². The van der Waals surface area contributed by atoms with Crippen LogP contribution in [-0.4, -0.2) is 54.4 Å². The molecule has 0 fully saturated rings. The molecule has 1 aliphatic carbocycles.